The Morgan fingerprint density at radius 2 is 0.293 bits per heavy atom. The number of hydrogen-bond donors (Lipinski definition) is 0. The molecule has 150 heavy (non-hydrogen) atoms. The van der Waals surface area contributed by atoms with Crippen LogP contribution in [0.25, 0.3) is 294 Å². The van der Waals surface area contributed by atoms with Crippen molar-refractivity contribution in [1.82, 2.24) is 0 Å². The van der Waals surface area contributed by atoms with Gasteiger partial charge < -0.3 is 0 Å². The van der Waals surface area contributed by atoms with Crippen molar-refractivity contribution in [3.63, 3.8) is 0 Å². The molecule has 0 bridgehead atoms. The van der Waals surface area contributed by atoms with Crippen LogP contribution >= 0.6 is 0 Å². The summed E-state index contributed by atoms with van der Waals surface area (Å²) in [6.07, 6.45) is 0. The van der Waals surface area contributed by atoms with Gasteiger partial charge in [-0.05, 0) is 306 Å². The number of rotatable bonds is 9. The molecule has 0 aromatic heterocycles. The minimum atomic E-state index is -1.03. The third-order valence-corrected chi connectivity index (χ3v) is 24.5. The lowest BCUT2D eigenvalue weighted by molar-refractivity contribution is 1.61. The van der Waals surface area contributed by atoms with Gasteiger partial charge in [0.1, 0.15) is 0 Å². The molecule has 0 saturated carbocycles. The third kappa shape index (κ3) is 15.1. The average molecular weight is 2000 g/mol. The lowest BCUT2D eigenvalue weighted by Crippen LogP contribution is -1.93. The predicted octanol–water partition coefficient (Wildman–Crippen LogP) is 42.5. The monoisotopic (exact) mass is 1990 g/mol. The second kappa shape index (κ2) is 37.6. The molecular formula is C150H96. The van der Waals surface area contributed by atoms with Crippen molar-refractivity contribution in [3.8, 4) is 100 Å². The summed E-state index contributed by atoms with van der Waals surface area (Å²) in [5.74, 6) is 0. The van der Waals surface area contributed by atoms with E-state index in [-0.39, 0.29) is 0 Å². The fourth-order valence-corrected chi connectivity index (χ4v) is 18.4. The van der Waals surface area contributed by atoms with Crippen LogP contribution in [0.2, 0.25) is 0 Å². The van der Waals surface area contributed by atoms with E-state index in [0.29, 0.717) is 0 Å². The fourth-order valence-electron chi connectivity index (χ4n) is 18.4. The van der Waals surface area contributed by atoms with Crippen LogP contribution in [0.15, 0.2) is 580 Å². The molecule has 0 aliphatic heterocycles. The number of fused-ring (bicyclic) bond motifs is 21. The van der Waals surface area contributed by atoms with Crippen LogP contribution in [0.1, 0.15) is 132 Å². The molecule has 0 saturated heterocycles. The van der Waals surface area contributed by atoms with Gasteiger partial charge in [-0.3, -0.25) is 0 Å². The van der Waals surface area contributed by atoms with Gasteiger partial charge >= 0.3 is 0 Å². The average Bonchev–Trinajstić information content (AvgIpc) is 0.683. The summed E-state index contributed by atoms with van der Waals surface area (Å²) in [4.78, 5) is 0. The van der Waals surface area contributed by atoms with E-state index < -0.39 is 874 Å². The molecule has 0 heteroatoms. The van der Waals surface area contributed by atoms with Gasteiger partial charge in [0.2, 0.25) is 0 Å². The quantitative estimate of drug-likeness (QED) is 0.0998. The Labute approximate surface area is 1000 Å². The largest absolute Gasteiger partial charge is 0.0636 e. The Hall–Kier alpha value is -19.5. The van der Waals surface area contributed by atoms with Gasteiger partial charge in [-0.25, -0.2) is 0 Å². The van der Waals surface area contributed by atoms with Crippen molar-refractivity contribution in [1.29, 1.82) is 0 Å². The van der Waals surface area contributed by atoms with Crippen LogP contribution in [0.3, 0.4) is 0 Å². The van der Waals surface area contributed by atoms with Crippen molar-refractivity contribution >= 4 is 194 Å². The molecule has 0 amide bonds. The molecular weight excluding hydrogens is 1800 g/mol. The third-order valence-electron chi connectivity index (χ3n) is 24.5. The Morgan fingerprint density at radius 3 is 0.660 bits per heavy atom. The number of hydrogen-bond acceptors (Lipinski definition) is 0. The highest BCUT2D eigenvalue weighted by Gasteiger charge is 2.27. The maximum atomic E-state index is 9.71. The van der Waals surface area contributed by atoms with E-state index in [0.717, 1.165) is 0 Å². The van der Waals surface area contributed by atoms with Gasteiger partial charge in [0.15, 0.2) is 0 Å². The van der Waals surface area contributed by atoms with E-state index in [1.807, 2.05) is 0 Å². The van der Waals surface area contributed by atoms with Crippen molar-refractivity contribution in [3.05, 3.63) is 580 Å². The van der Waals surface area contributed by atoms with E-state index in [1.54, 1.807) is 0 Å². The Bertz CT molecular complexity index is 16600. The van der Waals surface area contributed by atoms with Gasteiger partial charge in [0.25, 0.3) is 0 Å². The SMILES string of the molecule is [2H]c1c([2H])c([2H])c(-c2c([2H])c([2H])c([2H])c([2H])c2-c2c3c([2H])c([2H])c([2H])c([2H])c3c(-c3c([2H])c([2H])c([2H])c4c([2H])c([2H])c([2H])c([2H])c34)c3c([2H])c([2H])c([2H])c([2H])c23)c([2H])c1[2H].[2H]c1c([2H])c([2H])c2c(-c3c4c([2H])c([2H])c([2H])c([2H])c4c(-c4c([2H])c([2H])c([2H])c5c([2H])c([2H])c6c([2H])c([2H])c([2H])c([2H])c6c45)c4c([2H])c([2H])c([2H])c([2H])c34)c([2H])c([2H])c([2H])c2c1[2H].[2H]c1c([2H])c([2H])c2c(-c3c4c([2H])c([2H])c([2H])c([2H])c4c(-c4c([2H])c([2H])c5c([2H])c([2H])c6c([2H])c([2H])c([2H])c([2H])c6c5c4[2H])c4c([2H])c([2H])c([2H])c([2H])c34)c([2H])c([2H])c([2H])c2c1[2H].[2H]c1c([2H])c([2H])c2c(-c3c4c([2H])c([2H])c([2H])c([2H])c4c(-c4c([2H])c5c([2H])c([2H])c([2H])c([2H])c5c5c([2H])c([2H])c([2H])c([2H])c45)c4c([2H])c([2H])c([2H])c([2H])c34)c([2H])c([2H])c([2H])c2c1[2H]. The highest BCUT2D eigenvalue weighted by molar-refractivity contribution is 6.32. The van der Waals surface area contributed by atoms with Crippen molar-refractivity contribution in [2.24, 2.45) is 0 Å². The summed E-state index contributed by atoms with van der Waals surface area (Å²) >= 11 is 0. The molecule has 696 valence electrons. The molecule has 0 aliphatic rings. The highest BCUT2D eigenvalue weighted by Crippen LogP contribution is 2.54. The summed E-state index contributed by atoms with van der Waals surface area (Å²) in [5, 5.41) is -22.8. The highest BCUT2D eigenvalue weighted by atomic mass is 14.3. The van der Waals surface area contributed by atoms with Crippen LogP contribution in [-0.4, -0.2) is 0 Å². The molecule has 0 radical (unpaired) electrons. The van der Waals surface area contributed by atoms with E-state index in [4.69, 9.17) is 94.6 Å². The number of benzene rings is 31. The summed E-state index contributed by atoms with van der Waals surface area (Å²) in [6.45, 7) is 0. The van der Waals surface area contributed by atoms with Crippen LogP contribution in [0, 0.1) is 0 Å². The first-order valence-corrected chi connectivity index (χ1v) is 44.2. The summed E-state index contributed by atoms with van der Waals surface area (Å²) < 4.78 is 852. The van der Waals surface area contributed by atoms with Crippen LogP contribution < -0.4 is 0 Å². The predicted molar refractivity (Wildman–Crippen MR) is 650 cm³/mol. The smallest absolute Gasteiger partial charge is 0.0622 e. The zero-order valence-electron chi connectivity index (χ0n) is 171. The molecule has 0 nitrogen and oxygen atoms in total. The molecule has 0 aliphatic carbocycles. The van der Waals surface area contributed by atoms with E-state index in [2.05, 4.69) is 0 Å². The minimum Gasteiger partial charge on any atom is -0.0622 e. The van der Waals surface area contributed by atoms with Gasteiger partial charge in [0.05, 0.1) is 132 Å². The standard InChI is InChI=1S/3C38H24.C36H24/c1-3-15-28-25(11-1)13-9-21-30(28)37-31-17-5-7-19-33(31)38(34-20-8-6-18-32(34)37)35-22-10-14-27-24-23-26-12-2-4-16-29(26)36(27)35;1-3-13-29-25(10-1)12-9-19-31(29)38-34-17-7-5-15-32(34)37(33-16-6-8-18-35(33)38)28-23-22-27-21-20-26-11-2-4-14-30(26)36(27)24-28;1-3-15-27-25(12-1)14-11-23-31(27)37-32-19-7-9-21-34(32)38(35-22-10-8-20-33(35)37)36-24-26-13-2-4-16-28(26)29-17-5-6-18-30(29)36;1-2-13-25(14-3-1)27-18-6-7-19-29(27)35-31-20-8-10-22-33(31)36(34-23-11-9-21-32(34)35)30-24-12-16-26-15-4-5-17-28(26)30/h3*1-24H;1-24H/i4*1D,2D,3D,4D,5D,6D,7D,8D,9D,10D,11D,12D,13D,14D,15D,16D,17D,18D,19D,20D,21D,22D,23D,24D. The topological polar surface area (TPSA) is 0 Å². The first-order valence-electron chi connectivity index (χ1n) is 92.2. The zero-order valence-corrected chi connectivity index (χ0v) is 75.0. The Kier molecular flexibility index (Phi) is 8.53. The van der Waals surface area contributed by atoms with E-state index in [1.165, 1.54) is 0 Å². The Balaban J connectivity index is 0.000000139. The summed E-state index contributed by atoms with van der Waals surface area (Å²) in [7, 11) is 0. The van der Waals surface area contributed by atoms with E-state index in [9.17, 15) is 37.0 Å². The molecule has 0 N–H and O–H groups in total. The fraction of sp³-hybridized carbons (Fsp3) is 0. The van der Waals surface area contributed by atoms with Crippen LogP contribution in [0.4, 0.5) is 0 Å². The summed E-state index contributed by atoms with van der Waals surface area (Å²) in [5.41, 5.74) is -12.7. The molecule has 0 atom stereocenters. The molecule has 0 heterocycles. The molecule has 0 spiro atoms. The lowest BCUT2D eigenvalue weighted by atomic mass is 9.83. The molecule has 31 rings (SSSR count). The second-order valence-electron chi connectivity index (χ2n) is 32.2. The van der Waals surface area contributed by atoms with Gasteiger partial charge in [-0.2, -0.15) is 0 Å². The first kappa shape index (κ1) is 34.1. The van der Waals surface area contributed by atoms with Gasteiger partial charge in [-0.15, -0.1) is 0 Å². The Morgan fingerprint density at radius 1 is 0.0867 bits per heavy atom. The maximum absolute atomic E-state index is 9.71. The lowest BCUT2D eigenvalue weighted by Gasteiger charge is -2.20. The second-order valence-corrected chi connectivity index (χ2v) is 32.2. The normalized spacial score (nSPS) is 20.6. The van der Waals surface area contributed by atoms with Crippen LogP contribution in [0.5, 0.6) is 0 Å². The maximum Gasteiger partial charge on any atom is 0.0636 e. The van der Waals surface area contributed by atoms with Gasteiger partial charge in [-0.1, -0.05) is 568 Å². The summed E-state index contributed by atoms with van der Waals surface area (Å²) in [6, 6.07) is -86.8. The molecule has 0 unspecified atom stereocenters. The van der Waals surface area contributed by atoms with Crippen molar-refractivity contribution in [2.75, 3.05) is 0 Å². The molecule has 31 aromatic carbocycles. The zero-order chi connectivity index (χ0) is 183. The van der Waals surface area contributed by atoms with Gasteiger partial charge in [0, 0.05) is 0 Å². The first-order chi connectivity index (χ1) is 114. The van der Waals surface area contributed by atoms with Crippen LogP contribution in [-0.2, 0) is 0 Å². The minimum absolute atomic E-state index is 0.515. The molecule has 31 aromatic rings. The van der Waals surface area contributed by atoms with E-state index >= 15 is 0 Å². The van der Waals surface area contributed by atoms with Crippen molar-refractivity contribution in [2.45, 2.75) is 0 Å². The molecule has 0 fully saturated rings. The van der Waals surface area contributed by atoms with Crippen molar-refractivity contribution < 1.29 is 132 Å².